The van der Waals surface area contributed by atoms with Gasteiger partial charge in [0.05, 0.1) is 27.7 Å². The second-order valence-electron chi connectivity index (χ2n) is 6.10. The lowest BCUT2D eigenvalue weighted by molar-refractivity contribution is -0.870. The first-order valence-corrected chi connectivity index (χ1v) is 7.44. The molecule has 0 aromatic carbocycles. The van der Waals surface area contributed by atoms with E-state index in [1.807, 2.05) is 0 Å². The quantitative estimate of drug-likeness (QED) is 0.281. The summed E-state index contributed by atoms with van der Waals surface area (Å²) in [4.78, 5) is 0. The minimum atomic E-state index is 0. The Balaban J connectivity index is 0. The van der Waals surface area contributed by atoms with Gasteiger partial charge in [0.25, 0.3) is 0 Å². The fraction of sp³-hybridized carbons (Fsp3) is 1.00. The summed E-state index contributed by atoms with van der Waals surface area (Å²) >= 11 is 0. The molecule has 0 rings (SSSR count). The maximum atomic E-state index is 5.64. The molecule has 0 bridgehead atoms. The third kappa shape index (κ3) is 19.0. The SMILES string of the molecule is CCCCCCCCCCOCC[N+](C)(C)C.[I-]. The molecular formula is C15H34INO. The highest BCUT2D eigenvalue weighted by Gasteiger charge is 2.05. The molecule has 3 heteroatoms. The van der Waals surface area contributed by atoms with E-state index >= 15 is 0 Å². The topological polar surface area (TPSA) is 9.23 Å². The number of hydrogen-bond donors (Lipinski definition) is 0. The van der Waals surface area contributed by atoms with Crippen LogP contribution in [0.5, 0.6) is 0 Å². The summed E-state index contributed by atoms with van der Waals surface area (Å²) in [6, 6.07) is 0. The molecule has 0 radical (unpaired) electrons. The molecule has 0 aliphatic heterocycles. The Morgan fingerprint density at radius 1 is 0.722 bits per heavy atom. The number of unbranched alkanes of at least 4 members (excludes halogenated alkanes) is 7. The molecule has 112 valence electrons. The van der Waals surface area contributed by atoms with Crippen LogP contribution in [0.1, 0.15) is 58.3 Å². The van der Waals surface area contributed by atoms with Gasteiger partial charge in [0.1, 0.15) is 6.54 Å². The van der Waals surface area contributed by atoms with Gasteiger partial charge in [-0.05, 0) is 6.42 Å². The third-order valence-electron chi connectivity index (χ3n) is 3.05. The monoisotopic (exact) mass is 371 g/mol. The van der Waals surface area contributed by atoms with Gasteiger partial charge < -0.3 is 33.2 Å². The van der Waals surface area contributed by atoms with Crippen molar-refractivity contribution >= 4 is 0 Å². The average molecular weight is 371 g/mol. The van der Waals surface area contributed by atoms with E-state index in [2.05, 4.69) is 28.1 Å². The van der Waals surface area contributed by atoms with Crippen molar-refractivity contribution in [2.75, 3.05) is 40.9 Å². The maximum Gasteiger partial charge on any atom is 0.102 e. The Morgan fingerprint density at radius 2 is 1.22 bits per heavy atom. The van der Waals surface area contributed by atoms with Crippen molar-refractivity contribution in [2.24, 2.45) is 0 Å². The van der Waals surface area contributed by atoms with Crippen LogP contribution < -0.4 is 24.0 Å². The summed E-state index contributed by atoms with van der Waals surface area (Å²) in [5.41, 5.74) is 0. The lowest BCUT2D eigenvalue weighted by atomic mass is 10.1. The molecule has 0 saturated carbocycles. The van der Waals surface area contributed by atoms with Crippen LogP contribution in [0.4, 0.5) is 0 Å². The summed E-state index contributed by atoms with van der Waals surface area (Å²) in [5.74, 6) is 0. The summed E-state index contributed by atoms with van der Waals surface area (Å²) in [7, 11) is 6.62. The van der Waals surface area contributed by atoms with Gasteiger partial charge in [0.15, 0.2) is 0 Å². The Labute approximate surface area is 132 Å². The fourth-order valence-corrected chi connectivity index (χ4v) is 1.78. The van der Waals surface area contributed by atoms with Crippen LogP contribution in [-0.4, -0.2) is 45.4 Å². The molecule has 0 amide bonds. The highest BCUT2D eigenvalue weighted by atomic mass is 127. The zero-order valence-electron chi connectivity index (χ0n) is 13.0. The number of hydrogen-bond acceptors (Lipinski definition) is 1. The minimum Gasteiger partial charge on any atom is -1.00 e. The van der Waals surface area contributed by atoms with Crippen molar-refractivity contribution in [2.45, 2.75) is 58.3 Å². The molecule has 0 aliphatic rings. The van der Waals surface area contributed by atoms with Crippen LogP contribution in [0.25, 0.3) is 0 Å². The highest BCUT2D eigenvalue weighted by Crippen LogP contribution is 2.08. The summed E-state index contributed by atoms with van der Waals surface area (Å²) < 4.78 is 6.64. The van der Waals surface area contributed by atoms with Crippen LogP contribution in [-0.2, 0) is 4.74 Å². The Bertz CT molecular complexity index is 157. The second-order valence-corrected chi connectivity index (χ2v) is 6.10. The van der Waals surface area contributed by atoms with Gasteiger partial charge in [-0.15, -0.1) is 0 Å². The summed E-state index contributed by atoms with van der Waals surface area (Å²) in [6.07, 6.45) is 11.0. The maximum absolute atomic E-state index is 5.64. The predicted octanol–water partition coefficient (Wildman–Crippen LogP) is 0.854. The van der Waals surface area contributed by atoms with Crippen LogP contribution >= 0.6 is 0 Å². The molecule has 0 heterocycles. The zero-order valence-corrected chi connectivity index (χ0v) is 15.2. The molecule has 0 aromatic rings. The van der Waals surface area contributed by atoms with Gasteiger partial charge in [0.2, 0.25) is 0 Å². The lowest BCUT2D eigenvalue weighted by Gasteiger charge is -2.23. The van der Waals surface area contributed by atoms with E-state index in [1.165, 1.54) is 51.4 Å². The van der Waals surface area contributed by atoms with E-state index < -0.39 is 0 Å². The molecule has 0 fully saturated rings. The average Bonchev–Trinajstić information content (AvgIpc) is 2.24. The van der Waals surface area contributed by atoms with Crippen LogP contribution in [0, 0.1) is 0 Å². The lowest BCUT2D eigenvalue weighted by Crippen LogP contribution is -3.00. The predicted molar refractivity (Wildman–Crippen MR) is 76.3 cm³/mol. The summed E-state index contributed by atoms with van der Waals surface area (Å²) in [6.45, 7) is 5.24. The Kier molecular flexibility index (Phi) is 16.4. The van der Waals surface area contributed by atoms with Gasteiger partial charge in [-0.3, -0.25) is 0 Å². The molecule has 18 heavy (non-hydrogen) atoms. The van der Waals surface area contributed by atoms with Gasteiger partial charge in [0, 0.05) is 6.61 Å². The number of rotatable bonds is 12. The molecule has 2 nitrogen and oxygen atoms in total. The van der Waals surface area contributed by atoms with Gasteiger partial charge >= 0.3 is 0 Å². The highest BCUT2D eigenvalue weighted by molar-refractivity contribution is 4.45. The molecular weight excluding hydrogens is 337 g/mol. The Morgan fingerprint density at radius 3 is 1.72 bits per heavy atom. The molecule has 0 atom stereocenters. The minimum absolute atomic E-state index is 0. The molecule has 0 aliphatic carbocycles. The van der Waals surface area contributed by atoms with Crippen molar-refractivity contribution in [3.8, 4) is 0 Å². The van der Waals surface area contributed by atoms with Gasteiger partial charge in [-0.25, -0.2) is 0 Å². The number of likely N-dealkylation sites (N-methyl/N-ethyl adjacent to an activating group) is 1. The van der Waals surface area contributed by atoms with Crippen LogP contribution in [0.15, 0.2) is 0 Å². The number of quaternary nitrogens is 1. The van der Waals surface area contributed by atoms with E-state index in [1.54, 1.807) is 0 Å². The van der Waals surface area contributed by atoms with Crippen molar-refractivity contribution in [1.29, 1.82) is 0 Å². The largest absolute Gasteiger partial charge is 1.00 e. The van der Waals surface area contributed by atoms with Crippen LogP contribution in [0.2, 0.25) is 0 Å². The zero-order chi connectivity index (χ0) is 13.0. The third-order valence-corrected chi connectivity index (χ3v) is 3.05. The van der Waals surface area contributed by atoms with Crippen molar-refractivity contribution in [1.82, 2.24) is 0 Å². The fourth-order valence-electron chi connectivity index (χ4n) is 1.78. The molecule has 0 unspecified atom stereocenters. The molecule has 0 N–H and O–H groups in total. The smallest absolute Gasteiger partial charge is 0.102 e. The Hall–Kier alpha value is 0.650. The number of ether oxygens (including phenoxy) is 1. The first kappa shape index (κ1) is 21.0. The first-order valence-electron chi connectivity index (χ1n) is 7.44. The van der Waals surface area contributed by atoms with E-state index in [4.69, 9.17) is 4.74 Å². The van der Waals surface area contributed by atoms with E-state index in [9.17, 15) is 0 Å². The second kappa shape index (κ2) is 14.1. The van der Waals surface area contributed by atoms with Crippen molar-refractivity contribution in [3.63, 3.8) is 0 Å². The first-order chi connectivity index (χ1) is 8.06. The van der Waals surface area contributed by atoms with Gasteiger partial charge in [-0.2, -0.15) is 0 Å². The molecule has 0 aromatic heterocycles. The van der Waals surface area contributed by atoms with Crippen molar-refractivity contribution < 1.29 is 33.2 Å². The van der Waals surface area contributed by atoms with E-state index in [0.717, 1.165) is 24.2 Å². The number of nitrogens with zero attached hydrogens (tertiary/aromatic N) is 1. The standard InChI is InChI=1S/C15H34NO.HI/c1-5-6-7-8-9-10-11-12-14-17-15-13-16(2,3)4;/h5-15H2,1-4H3;1H/q+1;/p-1. The van der Waals surface area contributed by atoms with E-state index in [0.29, 0.717) is 0 Å². The van der Waals surface area contributed by atoms with Crippen molar-refractivity contribution in [3.05, 3.63) is 0 Å². The van der Waals surface area contributed by atoms with E-state index in [-0.39, 0.29) is 24.0 Å². The summed E-state index contributed by atoms with van der Waals surface area (Å²) in [5, 5.41) is 0. The van der Waals surface area contributed by atoms with Crippen LogP contribution in [0.3, 0.4) is 0 Å². The van der Waals surface area contributed by atoms with Gasteiger partial charge in [-0.1, -0.05) is 51.9 Å². The molecule has 0 spiro atoms. The number of halogens is 1. The molecule has 0 saturated heterocycles. The normalized spacial score (nSPS) is 11.3.